The van der Waals surface area contributed by atoms with Gasteiger partial charge in [-0.2, -0.15) is 0 Å². The zero-order chi connectivity index (χ0) is 11.4. The third-order valence-corrected chi connectivity index (χ3v) is 3.53. The van der Waals surface area contributed by atoms with E-state index >= 15 is 0 Å². The summed E-state index contributed by atoms with van der Waals surface area (Å²) in [6, 6.07) is 10.3. The summed E-state index contributed by atoms with van der Waals surface area (Å²) < 4.78 is 0. The Morgan fingerprint density at radius 2 is 2.00 bits per heavy atom. The molecule has 0 aliphatic heterocycles. The van der Waals surface area contributed by atoms with Crippen molar-refractivity contribution in [3.63, 3.8) is 0 Å². The number of hydrogen-bond acceptors (Lipinski definition) is 3. The highest BCUT2D eigenvalue weighted by Crippen LogP contribution is 2.15. The van der Waals surface area contributed by atoms with Crippen molar-refractivity contribution in [1.29, 1.82) is 0 Å². The van der Waals surface area contributed by atoms with Crippen LogP contribution in [0.3, 0.4) is 0 Å². The summed E-state index contributed by atoms with van der Waals surface area (Å²) in [7, 11) is 0. The molecule has 82 valence electrons. The first kappa shape index (κ1) is 11.0. The van der Waals surface area contributed by atoms with Gasteiger partial charge in [-0.05, 0) is 12.0 Å². The average Bonchev–Trinajstić information content (AvgIpc) is 2.76. The minimum absolute atomic E-state index is 0.100. The fraction of sp³-hybridized carbons (Fsp3) is 0.231. The number of Topliss-reactive ketones (excluding diaryl/α,β-unsaturated/α-hetero) is 1. The molecule has 0 atom stereocenters. The Balaban J connectivity index is 1.97. The Morgan fingerprint density at radius 1 is 1.25 bits per heavy atom. The van der Waals surface area contributed by atoms with Crippen LogP contribution in [-0.2, 0) is 12.8 Å². The molecule has 2 nitrogen and oxygen atoms in total. The molecule has 1 aromatic heterocycles. The Labute approximate surface area is 99.0 Å². The molecule has 1 aromatic carbocycles. The van der Waals surface area contributed by atoms with Crippen LogP contribution in [0.25, 0.3) is 0 Å². The predicted octanol–water partition coefficient (Wildman–Crippen LogP) is 3.13. The van der Waals surface area contributed by atoms with Crippen LogP contribution in [0.4, 0.5) is 0 Å². The van der Waals surface area contributed by atoms with Crippen LogP contribution in [0, 0.1) is 0 Å². The number of hydrogen-bond donors (Lipinski definition) is 0. The maximum atomic E-state index is 11.1. The van der Waals surface area contributed by atoms with Gasteiger partial charge in [0, 0.05) is 19.5 Å². The van der Waals surface area contributed by atoms with Gasteiger partial charge in [0.05, 0.1) is 9.88 Å². The summed E-state index contributed by atoms with van der Waals surface area (Å²) in [4.78, 5) is 16.1. The van der Waals surface area contributed by atoms with Gasteiger partial charge in [0.25, 0.3) is 0 Å². The lowest BCUT2D eigenvalue weighted by Crippen LogP contribution is -1.89. The van der Waals surface area contributed by atoms with Crippen LogP contribution in [0.1, 0.15) is 27.2 Å². The second-order valence-corrected chi connectivity index (χ2v) is 4.78. The highest BCUT2D eigenvalue weighted by molar-refractivity contribution is 7.13. The molecule has 0 aliphatic rings. The summed E-state index contributed by atoms with van der Waals surface area (Å²) >= 11 is 1.50. The molecule has 0 aliphatic carbocycles. The van der Waals surface area contributed by atoms with E-state index in [0.717, 1.165) is 22.7 Å². The molecule has 1 heterocycles. The molecule has 0 bridgehead atoms. The lowest BCUT2D eigenvalue weighted by Gasteiger charge is -1.97. The Hall–Kier alpha value is -1.48. The first-order valence-electron chi connectivity index (χ1n) is 5.25. The number of nitrogens with zero attached hydrogens (tertiary/aromatic N) is 1. The quantitative estimate of drug-likeness (QED) is 0.757. The fourth-order valence-corrected chi connectivity index (χ4v) is 2.30. The Bertz CT molecular complexity index is 476. The standard InChI is InChI=1S/C13H13NOS/c1-10(15)12-9-14-13(16-12)8-7-11-5-3-2-4-6-11/h2-6,9H,7-8H2,1H3. The van der Waals surface area contributed by atoms with Crippen molar-refractivity contribution in [2.75, 3.05) is 0 Å². The van der Waals surface area contributed by atoms with Gasteiger partial charge in [-0.3, -0.25) is 4.79 Å². The Morgan fingerprint density at radius 3 is 2.62 bits per heavy atom. The van der Waals surface area contributed by atoms with Gasteiger partial charge < -0.3 is 0 Å². The molecule has 0 N–H and O–H groups in total. The van der Waals surface area contributed by atoms with Crippen LogP contribution in [-0.4, -0.2) is 10.8 Å². The first-order valence-corrected chi connectivity index (χ1v) is 6.07. The molecule has 3 heteroatoms. The Kier molecular flexibility index (Phi) is 3.47. The smallest absolute Gasteiger partial charge is 0.171 e. The summed E-state index contributed by atoms with van der Waals surface area (Å²) in [6.07, 6.45) is 3.56. The zero-order valence-corrected chi connectivity index (χ0v) is 9.96. The lowest BCUT2D eigenvalue weighted by atomic mass is 10.1. The number of carbonyl (C=O) groups excluding carboxylic acids is 1. The maximum Gasteiger partial charge on any atom is 0.171 e. The molecule has 16 heavy (non-hydrogen) atoms. The largest absolute Gasteiger partial charge is 0.294 e. The summed E-state index contributed by atoms with van der Waals surface area (Å²) in [5, 5.41) is 1.04. The van der Waals surface area contributed by atoms with Crippen LogP contribution in [0.5, 0.6) is 0 Å². The molecule has 0 unspecified atom stereocenters. The molecule has 2 aromatic rings. The van der Waals surface area contributed by atoms with Crippen molar-refractivity contribution >= 4 is 17.1 Å². The van der Waals surface area contributed by atoms with Crippen molar-refractivity contribution in [3.8, 4) is 0 Å². The monoisotopic (exact) mass is 231 g/mol. The molecule has 2 rings (SSSR count). The van der Waals surface area contributed by atoms with Crippen molar-refractivity contribution in [2.45, 2.75) is 19.8 Å². The zero-order valence-electron chi connectivity index (χ0n) is 9.14. The van der Waals surface area contributed by atoms with Crippen molar-refractivity contribution in [3.05, 3.63) is 52.0 Å². The van der Waals surface area contributed by atoms with E-state index in [1.54, 1.807) is 13.1 Å². The predicted molar refractivity (Wildman–Crippen MR) is 66.0 cm³/mol. The van der Waals surface area contributed by atoms with Gasteiger partial charge in [0.2, 0.25) is 0 Å². The second kappa shape index (κ2) is 5.03. The van der Waals surface area contributed by atoms with E-state index < -0.39 is 0 Å². The maximum absolute atomic E-state index is 11.1. The highest BCUT2D eigenvalue weighted by atomic mass is 32.1. The number of rotatable bonds is 4. The van der Waals surface area contributed by atoms with E-state index in [1.165, 1.54) is 16.9 Å². The van der Waals surface area contributed by atoms with E-state index in [1.807, 2.05) is 18.2 Å². The molecule has 0 spiro atoms. The minimum Gasteiger partial charge on any atom is -0.294 e. The number of thiazole rings is 1. The number of aryl methyl sites for hydroxylation is 2. The van der Waals surface area contributed by atoms with Crippen molar-refractivity contribution in [1.82, 2.24) is 4.98 Å². The normalized spacial score (nSPS) is 10.3. The lowest BCUT2D eigenvalue weighted by molar-refractivity contribution is 0.102. The molecule has 0 saturated carbocycles. The third-order valence-electron chi connectivity index (χ3n) is 2.37. The minimum atomic E-state index is 0.100. The van der Waals surface area contributed by atoms with Gasteiger partial charge >= 0.3 is 0 Å². The molecular weight excluding hydrogens is 218 g/mol. The summed E-state index contributed by atoms with van der Waals surface area (Å²) in [6.45, 7) is 1.58. The van der Waals surface area contributed by atoms with Gasteiger partial charge in [0.1, 0.15) is 0 Å². The fourth-order valence-electron chi connectivity index (χ4n) is 1.48. The van der Waals surface area contributed by atoms with E-state index in [2.05, 4.69) is 17.1 Å². The van der Waals surface area contributed by atoms with Crippen LogP contribution in [0.2, 0.25) is 0 Å². The van der Waals surface area contributed by atoms with Gasteiger partial charge in [0.15, 0.2) is 5.78 Å². The molecule has 0 fully saturated rings. The van der Waals surface area contributed by atoms with E-state index in [0.29, 0.717) is 0 Å². The van der Waals surface area contributed by atoms with Crippen molar-refractivity contribution in [2.24, 2.45) is 0 Å². The van der Waals surface area contributed by atoms with E-state index in [4.69, 9.17) is 0 Å². The molecular formula is C13H13NOS. The van der Waals surface area contributed by atoms with Crippen LogP contribution < -0.4 is 0 Å². The number of benzene rings is 1. The van der Waals surface area contributed by atoms with E-state index in [9.17, 15) is 4.79 Å². The highest BCUT2D eigenvalue weighted by Gasteiger charge is 2.05. The van der Waals surface area contributed by atoms with E-state index in [-0.39, 0.29) is 5.78 Å². The van der Waals surface area contributed by atoms with Gasteiger partial charge in [-0.25, -0.2) is 4.98 Å². The van der Waals surface area contributed by atoms with Gasteiger partial charge in [-0.15, -0.1) is 11.3 Å². The van der Waals surface area contributed by atoms with Crippen LogP contribution in [0.15, 0.2) is 36.5 Å². The molecule has 0 saturated heterocycles. The van der Waals surface area contributed by atoms with Crippen LogP contribution >= 0.6 is 11.3 Å². The average molecular weight is 231 g/mol. The topological polar surface area (TPSA) is 30.0 Å². The first-order chi connectivity index (χ1) is 7.75. The summed E-state index contributed by atoms with van der Waals surface area (Å²) in [5.74, 6) is 0.100. The number of carbonyl (C=O) groups is 1. The van der Waals surface area contributed by atoms with Gasteiger partial charge in [-0.1, -0.05) is 30.3 Å². The van der Waals surface area contributed by atoms with Crippen molar-refractivity contribution < 1.29 is 4.79 Å². The number of aromatic nitrogens is 1. The SMILES string of the molecule is CC(=O)c1cnc(CCc2ccccc2)s1. The third kappa shape index (κ3) is 2.76. The molecule has 0 radical (unpaired) electrons. The molecule has 0 amide bonds. The number of ketones is 1. The second-order valence-electron chi connectivity index (χ2n) is 3.66. The summed E-state index contributed by atoms with van der Waals surface area (Å²) in [5.41, 5.74) is 1.31.